The number of carbonyl (C=O) groups is 1. The molecule has 0 atom stereocenters. The van der Waals surface area contributed by atoms with Crippen molar-refractivity contribution in [1.29, 1.82) is 0 Å². The number of benzene rings is 2. The van der Waals surface area contributed by atoms with Gasteiger partial charge in [0.1, 0.15) is 11.4 Å². The van der Waals surface area contributed by atoms with Gasteiger partial charge in [-0.05, 0) is 36.8 Å². The molecule has 2 aromatic carbocycles. The van der Waals surface area contributed by atoms with Crippen LogP contribution in [0.25, 0.3) is 16.9 Å². The van der Waals surface area contributed by atoms with E-state index < -0.39 is 0 Å². The minimum absolute atomic E-state index is 0.0530. The molecule has 0 saturated carbocycles. The van der Waals surface area contributed by atoms with E-state index in [9.17, 15) is 4.79 Å². The molecule has 0 bridgehead atoms. The average molecular weight is 357 g/mol. The highest BCUT2D eigenvalue weighted by Crippen LogP contribution is 2.28. The lowest BCUT2D eigenvalue weighted by atomic mass is 10.1. The molecule has 134 valence electrons. The Morgan fingerprint density at radius 2 is 1.81 bits per heavy atom. The zero-order valence-corrected chi connectivity index (χ0v) is 14.9. The van der Waals surface area contributed by atoms with Crippen LogP contribution in [0.1, 0.15) is 5.56 Å². The van der Waals surface area contributed by atoms with E-state index in [-0.39, 0.29) is 12.5 Å². The van der Waals surface area contributed by atoms with Crippen LogP contribution in [0.15, 0.2) is 79.1 Å². The van der Waals surface area contributed by atoms with Crippen LogP contribution in [0.4, 0.5) is 5.69 Å². The first-order chi connectivity index (χ1) is 13.2. The first kappa shape index (κ1) is 16.8. The van der Waals surface area contributed by atoms with Crippen molar-refractivity contribution < 1.29 is 9.53 Å². The van der Waals surface area contributed by atoms with Crippen LogP contribution < -0.4 is 10.1 Å². The minimum atomic E-state index is -0.216. The van der Waals surface area contributed by atoms with Gasteiger partial charge in [0.2, 0.25) is 0 Å². The van der Waals surface area contributed by atoms with Gasteiger partial charge in [-0.25, -0.2) is 4.98 Å². The number of hydrogen-bond acceptors (Lipinski definition) is 3. The number of hydrogen-bond donors (Lipinski definition) is 1. The summed E-state index contributed by atoms with van der Waals surface area (Å²) in [4.78, 5) is 17.1. The Kier molecular flexibility index (Phi) is 4.58. The fourth-order valence-electron chi connectivity index (χ4n) is 2.95. The molecular formula is C22H19N3O2. The van der Waals surface area contributed by atoms with E-state index in [1.54, 1.807) is 0 Å². The van der Waals surface area contributed by atoms with Crippen molar-refractivity contribution in [3.8, 4) is 17.0 Å². The average Bonchev–Trinajstić information content (AvgIpc) is 3.13. The highest BCUT2D eigenvalue weighted by atomic mass is 16.5. The number of rotatable bonds is 5. The molecule has 4 rings (SSSR count). The summed E-state index contributed by atoms with van der Waals surface area (Å²) in [6.07, 6.45) is 3.93. The summed E-state index contributed by atoms with van der Waals surface area (Å²) >= 11 is 0. The molecule has 0 aliphatic rings. The molecule has 0 saturated heterocycles. The molecule has 5 nitrogen and oxygen atoms in total. The summed E-state index contributed by atoms with van der Waals surface area (Å²) in [6, 6.07) is 20.9. The number of imidazole rings is 1. The third-order valence-electron chi connectivity index (χ3n) is 4.27. The van der Waals surface area contributed by atoms with Crippen LogP contribution in [0.3, 0.4) is 0 Å². The predicted octanol–water partition coefficient (Wildman–Crippen LogP) is 4.33. The first-order valence-corrected chi connectivity index (χ1v) is 8.72. The Bertz CT molecular complexity index is 1090. The van der Waals surface area contributed by atoms with Crippen molar-refractivity contribution in [3.05, 3.63) is 84.7 Å². The molecule has 27 heavy (non-hydrogen) atoms. The number of pyridine rings is 1. The lowest BCUT2D eigenvalue weighted by molar-refractivity contribution is -0.118. The Morgan fingerprint density at radius 1 is 1.04 bits per heavy atom. The van der Waals surface area contributed by atoms with E-state index in [2.05, 4.69) is 5.32 Å². The number of anilines is 1. The summed E-state index contributed by atoms with van der Waals surface area (Å²) in [7, 11) is 0. The van der Waals surface area contributed by atoms with Gasteiger partial charge in [-0.1, -0.05) is 42.5 Å². The Hall–Kier alpha value is -3.60. The Morgan fingerprint density at radius 3 is 2.63 bits per heavy atom. The van der Waals surface area contributed by atoms with E-state index in [0.717, 1.165) is 22.5 Å². The molecule has 2 heterocycles. The van der Waals surface area contributed by atoms with Gasteiger partial charge in [-0.15, -0.1) is 0 Å². The largest absolute Gasteiger partial charge is 0.484 e. The summed E-state index contributed by atoms with van der Waals surface area (Å²) in [5.74, 6) is 0.447. The van der Waals surface area contributed by atoms with Crippen molar-refractivity contribution in [3.63, 3.8) is 0 Å². The monoisotopic (exact) mass is 357 g/mol. The maximum absolute atomic E-state index is 12.3. The molecular weight excluding hydrogens is 338 g/mol. The normalized spacial score (nSPS) is 10.7. The number of aryl methyl sites for hydroxylation is 1. The molecule has 4 aromatic rings. The van der Waals surface area contributed by atoms with Crippen molar-refractivity contribution in [2.24, 2.45) is 0 Å². The van der Waals surface area contributed by atoms with E-state index in [1.165, 1.54) is 0 Å². The maximum atomic E-state index is 12.3. The summed E-state index contributed by atoms with van der Waals surface area (Å²) in [5.41, 5.74) is 4.39. The number of fused-ring (bicyclic) bond motifs is 1. The van der Waals surface area contributed by atoms with Gasteiger partial charge in [0.25, 0.3) is 5.91 Å². The van der Waals surface area contributed by atoms with Gasteiger partial charge in [-0.2, -0.15) is 0 Å². The minimum Gasteiger partial charge on any atom is -0.484 e. The Balaban J connectivity index is 1.55. The predicted molar refractivity (Wildman–Crippen MR) is 106 cm³/mol. The Labute approximate surface area is 157 Å². The number of amides is 1. The summed E-state index contributed by atoms with van der Waals surface area (Å²) in [5, 5.41) is 2.93. The van der Waals surface area contributed by atoms with Gasteiger partial charge in [-0.3, -0.25) is 4.79 Å². The standard InChI is InChI=1S/C22H19N3O2/c1-16-8-7-13-25-14-20(24-22(16)25)18-11-5-6-12-19(18)23-21(26)15-27-17-9-3-2-4-10-17/h2-14H,15H2,1H3,(H,23,26). The fraction of sp³-hybridized carbons (Fsp3) is 0.0909. The molecule has 0 aliphatic heterocycles. The molecule has 0 unspecified atom stereocenters. The highest BCUT2D eigenvalue weighted by Gasteiger charge is 2.12. The number of ether oxygens (including phenoxy) is 1. The van der Waals surface area contributed by atoms with Crippen molar-refractivity contribution >= 4 is 17.2 Å². The zero-order chi connectivity index (χ0) is 18.6. The lowest BCUT2D eigenvalue weighted by Gasteiger charge is -2.10. The summed E-state index contributed by atoms with van der Waals surface area (Å²) < 4.78 is 7.51. The first-order valence-electron chi connectivity index (χ1n) is 8.72. The number of aromatic nitrogens is 2. The third-order valence-corrected chi connectivity index (χ3v) is 4.27. The van der Waals surface area contributed by atoms with Gasteiger partial charge < -0.3 is 14.5 Å². The molecule has 2 aromatic heterocycles. The highest BCUT2D eigenvalue weighted by molar-refractivity contribution is 5.96. The van der Waals surface area contributed by atoms with Gasteiger partial charge in [0.05, 0.1) is 11.4 Å². The molecule has 0 aliphatic carbocycles. The number of carbonyl (C=O) groups excluding carboxylic acids is 1. The van der Waals surface area contributed by atoms with Crippen LogP contribution in [-0.2, 0) is 4.79 Å². The van der Waals surface area contributed by atoms with Gasteiger partial charge in [0.15, 0.2) is 6.61 Å². The van der Waals surface area contributed by atoms with Crippen molar-refractivity contribution in [1.82, 2.24) is 9.38 Å². The number of nitrogens with zero attached hydrogens (tertiary/aromatic N) is 2. The molecule has 0 radical (unpaired) electrons. The lowest BCUT2D eigenvalue weighted by Crippen LogP contribution is -2.20. The topological polar surface area (TPSA) is 55.6 Å². The second-order valence-electron chi connectivity index (χ2n) is 6.24. The van der Waals surface area contributed by atoms with E-state index in [0.29, 0.717) is 11.4 Å². The molecule has 0 spiro atoms. The van der Waals surface area contributed by atoms with Crippen molar-refractivity contribution in [2.45, 2.75) is 6.92 Å². The van der Waals surface area contributed by atoms with Crippen LogP contribution in [0.2, 0.25) is 0 Å². The third kappa shape index (κ3) is 3.67. The van der Waals surface area contributed by atoms with Crippen LogP contribution >= 0.6 is 0 Å². The molecule has 1 amide bonds. The van der Waals surface area contributed by atoms with Crippen molar-refractivity contribution in [2.75, 3.05) is 11.9 Å². The fourth-order valence-corrected chi connectivity index (χ4v) is 2.95. The van der Waals surface area contributed by atoms with E-state index >= 15 is 0 Å². The second-order valence-corrected chi connectivity index (χ2v) is 6.24. The van der Waals surface area contributed by atoms with Crippen LogP contribution in [0.5, 0.6) is 5.75 Å². The smallest absolute Gasteiger partial charge is 0.262 e. The molecule has 0 fully saturated rings. The number of nitrogens with one attached hydrogen (secondary N) is 1. The second kappa shape index (κ2) is 7.33. The molecule has 5 heteroatoms. The van der Waals surface area contributed by atoms with E-state index in [4.69, 9.17) is 9.72 Å². The van der Waals surface area contributed by atoms with Crippen LogP contribution in [-0.4, -0.2) is 21.9 Å². The van der Waals surface area contributed by atoms with Crippen LogP contribution in [0, 0.1) is 6.92 Å². The zero-order valence-electron chi connectivity index (χ0n) is 14.9. The molecule has 1 N–H and O–H groups in total. The number of para-hydroxylation sites is 2. The quantitative estimate of drug-likeness (QED) is 0.578. The van der Waals surface area contributed by atoms with E-state index in [1.807, 2.05) is 90.4 Å². The van der Waals surface area contributed by atoms with Gasteiger partial charge in [0, 0.05) is 18.0 Å². The SMILES string of the molecule is Cc1cccn2cc(-c3ccccc3NC(=O)COc3ccccc3)nc12. The summed E-state index contributed by atoms with van der Waals surface area (Å²) in [6.45, 7) is 1.98. The maximum Gasteiger partial charge on any atom is 0.262 e. The van der Waals surface area contributed by atoms with Gasteiger partial charge >= 0.3 is 0 Å².